The molecule has 31 heavy (non-hydrogen) atoms. The zero-order valence-corrected chi connectivity index (χ0v) is 17.2. The van der Waals surface area contributed by atoms with E-state index in [1.807, 2.05) is 19.1 Å². The van der Waals surface area contributed by atoms with Crippen LogP contribution in [0.15, 0.2) is 36.5 Å². The van der Waals surface area contributed by atoms with Gasteiger partial charge in [0, 0.05) is 5.56 Å². The van der Waals surface area contributed by atoms with E-state index in [0.29, 0.717) is 37.6 Å². The molecule has 2 heterocycles. The van der Waals surface area contributed by atoms with Crippen LogP contribution in [0.5, 0.6) is 11.6 Å². The Bertz CT molecular complexity index is 1260. The minimum absolute atomic E-state index is 0.218. The van der Waals surface area contributed by atoms with Crippen LogP contribution in [0.1, 0.15) is 12.5 Å². The summed E-state index contributed by atoms with van der Waals surface area (Å²) in [6.45, 7) is 0.779. The molecule has 2 aromatic heterocycles. The Kier molecular flexibility index (Phi) is 5.76. The molecule has 160 valence electrons. The molecule has 0 bridgehead atoms. The summed E-state index contributed by atoms with van der Waals surface area (Å²) in [5.74, 6) is 0.147. The topological polar surface area (TPSA) is 95.5 Å². The van der Waals surface area contributed by atoms with E-state index in [2.05, 4.69) is 25.2 Å². The summed E-state index contributed by atoms with van der Waals surface area (Å²) in [5.41, 5.74) is 5.33. The number of halogens is 2. The number of hydrogen-bond acceptors (Lipinski definition) is 8. The van der Waals surface area contributed by atoms with Crippen molar-refractivity contribution in [3.63, 3.8) is 0 Å². The summed E-state index contributed by atoms with van der Waals surface area (Å²) in [6.07, 6.45) is 0.448. The van der Waals surface area contributed by atoms with Gasteiger partial charge in [-0.2, -0.15) is 14.3 Å². The number of hydrogen-bond donors (Lipinski definition) is 1. The molecule has 1 N–H and O–H groups in total. The highest BCUT2D eigenvalue weighted by Gasteiger charge is 2.17. The lowest BCUT2D eigenvalue weighted by Crippen LogP contribution is -2.27. The molecular formula is C20H16F2N4O4S. The van der Waals surface area contributed by atoms with Gasteiger partial charge in [-0.1, -0.05) is 6.07 Å². The van der Waals surface area contributed by atoms with Crippen molar-refractivity contribution < 1.29 is 27.9 Å². The number of rotatable bonds is 6. The van der Waals surface area contributed by atoms with Gasteiger partial charge in [0.05, 0.1) is 29.4 Å². The number of fused-ring (bicyclic) bond motifs is 2. The molecule has 11 heteroatoms. The molecule has 0 unspecified atom stereocenters. The van der Waals surface area contributed by atoms with Gasteiger partial charge in [0.15, 0.2) is 5.75 Å². The number of nitrogens with zero attached hydrogens (tertiary/aromatic N) is 3. The van der Waals surface area contributed by atoms with E-state index in [-0.39, 0.29) is 12.5 Å². The number of alkyl halides is 2. The zero-order chi connectivity index (χ0) is 22.0. The average molecular weight is 446 g/mol. The smallest absolute Gasteiger partial charge is 0.440 e. The van der Waals surface area contributed by atoms with Crippen LogP contribution >= 0.6 is 11.3 Å². The first-order valence-corrected chi connectivity index (χ1v) is 9.98. The Labute approximate surface area is 178 Å². The summed E-state index contributed by atoms with van der Waals surface area (Å²) in [4.78, 5) is 29.9. The third-order valence-electron chi connectivity index (χ3n) is 4.11. The number of hydroxylamine groups is 1. The Balaban J connectivity index is 1.74. The Morgan fingerprint density at radius 1 is 1.23 bits per heavy atom. The fraction of sp³-hybridized carbons (Fsp3) is 0.200. The van der Waals surface area contributed by atoms with E-state index in [9.17, 15) is 13.6 Å². The third kappa shape index (κ3) is 4.45. The molecule has 2 aromatic carbocycles. The van der Waals surface area contributed by atoms with Gasteiger partial charge in [-0.3, -0.25) is 0 Å². The van der Waals surface area contributed by atoms with Crippen molar-refractivity contribution in [2.75, 3.05) is 6.61 Å². The molecule has 0 aliphatic heterocycles. The number of amides is 1. The van der Waals surface area contributed by atoms with E-state index in [1.54, 1.807) is 25.1 Å². The molecule has 0 saturated heterocycles. The van der Waals surface area contributed by atoms with E-state index < -0.39 is 12.7 Å². The summed E-state index contributed by atoms with van der Waals surface area (Å²) >= 11 is 1.33. The predicted molar refractivity (Wildman–Crippen MR) is 110 cm³/mol. The van der Waals surface area contributed by atoms with Crippen molar-refractivity contribution in [2.24, 2.45) is 0 Å². The van der Waals surface area contributed by atoms with Crippen LogP contribution in [0.2, 0.25) is 0 Å². The van der Waals surface area contributed by atoms with Crippen LogP contribution in [-0.4, -0.2) is 34.3 Å². The minimum atomic E-state index is -2.98. The molecule has 4 aromatic rings. The number of carbonyl (C=O) groups excluding carboxylic acids is 1. The van der Waals surface area contributed by atoms with E-state index >= 15 is 0 Å². The summed E-state index contributed by atoms with van der Waals surface area (Å²) in [5, 5.41) is 0.632. The second kappa shape index (κ2) is 8.64. The fourth-order valence-corrected chi connectivity index (χ4v) is 3.97. The number of carbonyl (C=O) groups is 1. The summed E-state index contributed by atoms with van der Waals surface area (Å²) < 4.78 is 34.9. The average Bonchev–Trinajstić information content (AvgIpc) is 3.16. The van der Waals surface area contributed by atoms with Crippen molar-refractivity contribution in [1.82, 2.24) is 20.4 Å². The SMILES string of the molecule is CCOC(=O)NOc1cccc2nc(-c3cc(C)cc4nc(OC(F)F)cnc34)sc12. The lowest BCUT2D eigenvalue weighted by molar-refractivity contribution is -0.0528. The van der Waals surface area contributed by atoms with Gasteiger partial charge in [0.25, 0.3) is 0 Å². The highest BCUT2D eigenvalue weighted by molar-refractivity contribution is 7.22. The quantitative estimate of drug-likeness (QED) is 0.423. The fourth-order valence-electron chi connectivity index (χ4n) is 2.94. The van der Waals surface area contributed by atoms with Gasteiger partial charge in [0.2, 0.25) is 5.88 Å². The van der Waals surface area contributed by atoms with Crippen LogP contribution in [0, 0.1) is 6.92 Å². The normalized spacial score (nSPS) is 11.1. The van der Waals surface area contributed by atoms with Gasteiger partial charge in [0.1, 0.15) is 9.71 Å². The lowest BCUT2D eigenvalue weighted by atomic mass is 10.1. The maximum absolute atomic E-state index is 12.5. The van der Waals surface area contributed by atoms with Crippen molar-refractivity contribution in [3.8, 4) is 22.2 Å². The Morgan fingerprint density at radius 3 is 2.84 bits per heavy atom. The van der Waals surface area contributed by atoms with Crippen molar-refractivity contribution in [2.45, 2.75) is 20.5 Å². The van der Waals surface area contributed by atoms with Crippen molar-refractivity contribution >= 4 is 38.7 Å². The predicted octanol–water partition coefficient (Wildman–Crippen LogP) is 4.86. The number of benzene rings is 2. The zero-order valence-electron chi connectivity index (χ0n) is 16.4. The van der Waals surface area contributed by atoms with Gasteiger partial charge in [-0.15, -0.1) is 11.3 Å². The molecule has 0 atom stereocenters. The molecular weight excluding hydrogens is 430 g/mol. The van der Waals surface area contributed by atoms with Gasteiger partial charge >= 0.3 is 12.7 Å². The number of nitrogens with one attached hydrogen (secondary N) is 1. The molecule has 4 rings (SSSR count). The molecule has 0 fully saturated rings. The van der Waals surface area contributed by atoms with Gasteiger partial charge in [-0.25, -0.2) is 19.7 Å². The molecule has 8 nitrogen and oxygen atoms in total. The lowest BCUT2D eigenvalue weighted by Gasteiger charge is -2.07. The highest BCUT2D eigenvalue weighted by Crippen LogP contribution is 2.38. The molecule has 0 spiro atoms. The first kappa shape index (κ1) is 20.7. The maximum Gasteiger partial charge on any atom is 0.440 e. The molecule has 0 radical (unpaired) electrons. The first-order valence-electron chi connectivity index (χ1n) is 9.16. The van der Waals surface area contributed by atoms with Crippen LogP contribution in [0.4, 0.5) is 13.6 Å². The van der Waals surface area contributed by atoms with Gasteiger partial charge < -0.3 is 14.3 Å². The first-order chi connectivity index (χ1) is 14.9. The second-order valence-electron chi connectivity index (χ2n) is 6.31. The number of aryl methyl sites for hydroxylation is 1. The Hall–Kier alpha value is -3.60. The molecule has 0 aliphatic carbocycles. The number of thiazole rings is 1. The largest absolute Gasteiger partial charge is 0.448 e. The molecule has 0 aliphatic rings. The van der Waals surface area contributed by atoms with Crippen LogP contribution in [0.25, 0.3) is 31.8 Å². The summed E-state index contributed by atoms with van der Waals surface area (Å²) in [6, 6.07) is 8.87. The van der Waals surface area contributed by atoms with E-state index in [1.165, 1.54) is 11.3 Å². The molecule has 1 amide bonds. The van der Waals surface area contributed by atoms with Crippen molar-refractivity contribution in [1.29, 1.82) is 0 Å². The standard InChI is InChI=1S/C20H16F2N4O4S/c1-3-28-20(27)26-30-14-6-4-5-12-17(14)31-18(25-12)11-7-10(2)8-13-16(11)23-9-15(24-13)29-19(21)22/h4-9,19H,3H2,1-2H3,(H,26,27). The maximum atomic E-state index is 12.5. The van der Waals surface area contributed by atoms with Crippen LogP contribution in [0.3, 0.4) is 0 Å². The van der Waals surface area contributed by atoms with E-state index in [0.717, 1.165) is 11.8 Å². The molecule has 0 saturated carbocycles. The van der Waals surface area contributed by atoms with E-state index in [4.69, 9.17) is 9.57 Å². The van der Waals surface area contributed by atoms with Crippen LogP contribution < -0.4 is 15.1 Å². The third-order valence-corrected chi connectivity index (χ3v) is 5.23. The minimum Gasteiger partial charge on any atom is -0.448 e. The second-order valence-corrected chi connectivity index (χ2v) is 7.31. The Morgan fingerprint density at radius 2 is 2.06 bits per heavy atom. The summed E-state index contributed by atoms with van der Waals surface area (Å²) in [7, 11) is 0. The monoisotopic (exact) mass is 446 g/mol. The van der Waals surface area contributed by atoms with Crippen molar-refractivity contribution in [3.05, 3.63) is 42.1 Å². The number of ether oxygens (including phenoxy) is 2. The van der Waals surface area contributed by atoms with Gasteiger partial charge in [-0.05, 0) is 43.7 Å². The highest BCUT2D eigenvalue weighted by atomic mass is 32.1. The number of aromatic nitrogens is 3. The van der Waals surface area contributed by atoms with Crippen LogP contribution in [-0.2, 0) is 4.74 Å².